The number of piperidine rings is 1. The Hall–Kier alpha value is -3.07. The number of carbonyl (C=O) groups is 2. The van der Waals surface area contributed by atoms with Gasteiger partial charge in [0.1, 0.15) is 17.3 Å². The van der Waals surface area contributed by atoms with Crippen molar-refractivity contribution in [1.82, 2.24) is 20.1 Å². The van der Waals surface area contributed by atoms with E-state index >= 15 is 0 Å². The van der Waals surface area contributed by atoms with Gasteiger partial charge in [0, 0.05) is 30.5 Å². The van der Waals surface area contributed by atoms with Crippen LogP contribution in [-0.2, 0) is 11.2 Å². The molecule has 1 aromatic carbocycles. The lowest BCUT2D eigenvalue weighted by molar-refractivity contribution is -0.131. The maximum absolute atomic E-state index is 13.0. The normalized spacial score (nSPS) is 14.7. The number of anilines is 1. The molecule has 0 saturated carbocycles. The highest BCUT2D eigenvalue weighted by atomic mass is 32.1. The molecule has 3 heterocycles. The summed E-state index contributed by atoms with van der Waals surface area (Å²) < 4.78 is 13.0. The molecule has 0 unspecified atom stereocenters. The molecule has 0 bridgehead atoms. The zero-order chi connectivity index (χ0) is 20.2. The van der Waals surface area contributed by atoms with Crippen molar-refractivity contribution in [2.24, 2.45) is 0 Å². The van der Waals surface area contributed by atoms with Crippen LogP contribution in [0, 0.1) is 5.82 Å². The summed E-state index contributed by atoms with van der Waals surface area (Å²) in [6.07, 6.45) is 3.46. The largest absolute Gasteiger partial charge is 0.342 e. The van der Waals surface area contributed by atoms with Crippen molar-refractivity contribution in [3.05, 3.63) is 64.0 Å². The number of nitrogens with zero attached hydrogens (tertiary/aromatic N) is 3. The molecule has 4 rings (SSSR count). The fourth-order valence-corrected chi connectivity index (χ4v) is 4.33. The molecule has 0 atom stereocenters. The number of hydrogen-bond acceptors (Lipinski definition) is 5. The van der Waals surface area contributed by atoms with Gasteiger partial charge < -0.3 is 10.2 Å². The third-order valence-corrected chi connectivity index (χ3v) is 5.98. The molecule has 1 aliphatic rings. The number of nitrogens with one attached hydrogen (secondary N) is 2. The maximum atomic E-state index is 13.0. The van der Waals surface area contributed by atoms with Gasteiger partial charge in [-0.3, -0.25) is 14.7 Å². The summed E-state index contributed by atoms with van der Waals surface area (Å²) in [5, 5.41) is 11.9. The van der Waals surface area contributed by atoms with Gasteiger partial charge in [0.15, 0.2) is 0 Å². The van der Waals surface area contributed by atoms with Crippen LogP contribution < -0.4 is 5.32 Å². The Kier molecular flexibility index (Phi) is 5.66. The minimum absolute atomic E-state index is 0.0498. The lowest BCUT2D eigenvalue weighted by Gasteiger charge is -2.31. The van der Waals surface area contributed by atoms with Crippen LogP contribution in [0.4, 0.5) is 10.2 Å². The van der Waals surface area contributed by atoms with Gasteiger partial charge in [-0.15, -0.1) is 11.3 Å². The van der Waals surface area contributed by atoms with Crippen molar-refractivity contribution in [1.29, 1.82) is 0 Å². The number of carbonyl (C=O) groups excluding carboxylic acids is 2. The van der Waals surface area contributed by atoms with Crippen LogP contribution >= 0.6 is 11.3 Å². The highest BCUT2D eigenvalue weighted by Crippen LogP contribution is 2.30. The molecule has 1 aliphatic heterocycles. The van der Waals surface area contributed by atoms with Gasteiger partial charge in [0.2, 0.25) is 5.91 Å². The first-order chi connectivity index (χ1) is 14.1. The molecule has 0 radical (unpaired) electrons. The lowest BCUT2D eigenvalue weighted by Crippen LogP contribution is -2.38. The first-order valence-electron chi connectivity index (χ1n) is 9.37. The van der Waals surface area contributed by atoms with Crippen molar-refractivity contribution in [2.75, 3.05) is 18.4 Å². The summed E-state index contributed by atoms with van der Waals surface area (Å²) in [6.45, 7) is 1.31. The average Bonchev–Trinajstić information content (AvgIpc) is 3.42. The Morgan fingerprint density at radius 1 is 1.21 bits per heavy atom. The topological polar surface area (TPSA) is 91.0 Å². The van der Waals surface area contributed by atoms with Gasteiger partial charge in [-0.1, -0.05) is 12.1 Å². The molecule has 2 amide bonds. The number of halogens is 1. The van der Waals surface area contributed by atoms with Gasteiger partial charge in [-0.05, 0) is 30.5 Å². The highest BCUT2D eigenvalue weighted by molar-refractivity contribution is 7.10. The summed E-state index contributed by atoms with van der Waals surface area (Å²) >= 11 is 1.47. The lowest BCUT2D eigenvalue weighted by atomic mass is 9.97. The first kappa shape index (κ1) is 19.3. The molecule has 9 heteroatoms. The monoisotopic (exact) mass is 413 g/mol. The Bertz CT molecular complexity index is 979. The van der Waals surface area contributed by atoms with Crippen LogP contribution in [0.1, 0.15) is 39.8 Å². The summed E-state index contributed by atoms with van der Waals surface area (Å²) in [5.41, 5.74) is 1.20. The molecule has 150 valence electrons. The number of rotatable bonds is 5. The summed E-state index contributed by atoms with van der Waals surface area (Å²) in [6, 6.07) is 7.70. The number of H-pyrrole nitrogens is 1. The van der Waals surface area contributed by atoms with Gasteiger partial charge >= 0.3 is 0 Å². The van der Waals surface area contributed by atoms with Crippen molar-refractivity contribution in [2.45, 2.75) is 25.2 Å². The fraction of sp³-hybridized carbons (Fsp3) is 0.300. The minimum Gasteiger partial charge on any atom is -0.342 e. The van der Waals surface area contributed by atoms with E-state index in [0.717, 1.165) is 23.4 Å². The zero-order valence-corrected chi connectivity index (χ0v) is 16.4. The predicted molar refractivity (Wildman–Crippen MR) is 107 cm³/mol. The number of hydrogen-bond donors (Lipinski definition) is 2. The van der Waals surface area contributed by atoms with Crippen LogP contribution in [-0.4, -0.2) is 45.0 Å². The molecule has 0 aliphatic carbocycles. The average molecular weight is 413 g/mol. The van der Waals surface area contributed by atoms with E-state index in [9.17, 15) is 14.0 Å². The van der Waals surface area contributed by atoms with Gasteiger partial charge in [-0.25, -0.2) is 9.37 Å². The van der Waals surface area contributed by atoms with Crippen LogP contribution in [0.2, 0.25) is 0 Å². The molecular weight excluding hydrogens is 393 g/mol. The number of thiazole rings is 1. The van der Waals surface area contributed by atoms with Crippen molar-refractivity contribution in [3.8, 4) is 0 Å². The third kappa shape index (κ3) is 4.68. The standard InChI is InChI=1S/C20H20FN5O2S/c21-15-3-1-13(2-4-15)11-18(27)26-9-6-14(7-10-26)20-23-16(12-29-20)19(28)24-17-5-8-22-25-17/h1-5,8,12,14H,6-7,9-11H2,(H2,22,24,25,28). The second-order valence-corrected chi connectivity index (χ2v) is 7.84. The van der Waals surface area contributed by atoms with E-state index in [1.165, 1.54) is 23.5 Å². The van der Waals surface area contributed by atoms with E-state index in [1.807, 2.05) is 4.90 Å². The number of likely N-dealkylation sites (tertiary alicyclic amines) is 1. The Balaban J connectivity index is 1.30. The Morgan fingerprint density at radius 2 is 1.97 bits per heavy atom. The van der Waals surface area contributed by atoms with Crippen LogP contribution in [0.15, 0.2) is 41.9 Å². The summed E-state index contributed by atoms with van der Waals surface area (Å²) in [4.78, 5) is 31.1. The quantitative estimate of drug-likeness (QED) is 0.672. The van der Waals surface area contributed by atoms with E-state index in [0.29, 0.717) is 24.6 Å². The fourth-order valence-electron chi connectivity index (χ4n) is 3.36. The molecule has 1 saturated heterocycles. The Morgan fingerprint density at radius 3 is 2.66 bits per heavy atom. The third-order valence-electron chi connectivity index (χ3n) is 4.97. The van der Waals surface area contributed by atoms with Crippen molar-refractivity contribution in [3.63, 3.8) is 0 Å². The summed E-state index contributed by atoms with van der Waals surface area (Å²) in [7, 11) is 0. The second-order valence-electron chi connectivity index (χ2n) is 6.95. The molecular formula is C20H20FN5O2S. The second kappa shape index (κ2) is 8.52. The molecule has 3 aromatic rings. The minimum atomic E-state index is -0.303. The van der Waals surface area contributed by atoms with E-state index in [4.69, 9.17) is 0 Å². The molecule has 2 aromatic heterocycles. The summed E-state index contributed by atoms with van der Waals surface area (Å²) in [5.74, 6) is 0.238. The van der Waals surface area contributed by atoms with E-state index in [2.05, 4.69) is 20.5 Å². The number of aromatic amines is 1. The first-order valence-corrected chi connectivity index (χ1v) is 10.2. The Labute approximate surface area is 171 Å². The van der Waals surface area contributed by atoms with Gasteiger partial charge in [0.05, 0.1) is 17.6 Å². The van der Waals surface area contributed by atoms with E-state index < -0.39 is 0 Å². The van der Waals surface area contributed by atoms with Crippen LogP contribution in [0.5, 0.6) is 0 Å². The SMILES string of the molecule is O=C(Nc1ccn[nH]1)c1csc(C2CCN(C(=O)Cc3ccc(F)cc3)CC2)n1. The molecule has 1 fully saturated rings. The number of amides is 2. The number of aromatic nitrogens is 3. The number of benzene rings is 1. The maximum Gasteiger partial charge on any atom is 0.276 e. The molecule has 29 heavy (non-hydrogen) atoms. The molecule has 7 nitrogen and oxygen atoms in total. The van der Waals surface area contributed by atoms with E-state index in [-0.39, 0.29) is 30.0 Å². The predicted octanol–water partition coefficient (Wildman–Crippen LogP) is 3.21. The van der Waals surface area contributed by atoms with Gasteiger partial charge in [-0.2, -0.15) is 5.10 Å². The van der Waals surface area contributed by atoms with Crippen molar-refractivity contribution >= 4 is 29.0 Å². The van der Waals surface area contributed by atoms with Crippen molar-refractivity contribution < 1.29 is 14.0 Å². The molecule has 0 spiro atoms. The van der Waals surface area contributed by atoms with Crippen LogP contribution in [0.25, 0.3) is 0 Å². The van der Waals surface area contributed by atoms with E-state index in [1.54, 1.807) is 29.8 Å². The smallest absolute Gasteiger partial charge is 0.276 e. The van der Waals surface area contributed by atoms with Gasteiger partial charge in [0.25, 0.3) is 5.91 Å². The highest BCUT2D eigenvalue weighted by Gasteiger charge is 2.26. The van der Waals surface area contributed by atoms with Crippen LogP contribution in [0.3, 0.4) is 0 Å². The molecule has 2 N–H and O–H groups in total. The zero-order valence-electron chi connectivity index (χ0n) is 15.6.